The van der Waals surface area contributed by atoms with E-state index in [0.717, 1.165) is 35.5 Å². The summed E-state index contributed by atoms with van der Waals surface area (Å²) in [5.41, 5.74) is 0. The van der Waals surface area contributed by atoms with Gasteiger partial charge in [0.2, 0.25) is 0 Å². The second-order valence-electron chi connectivity index (χ2n) is 7.73. The van der Waals surface area contributed by atoms with Crippen LogP contribution in [0.4, 0.5) is 0 Å². The first-order valence-corrected chi connectivity index (χ1v) is 8.59. The Bertz CT molecular complexity index is 232. The van der Waals surface area contributed by atoms with Crippen LogP contribution in [0.1, 0.15) is 79.1 Å². The quantitative estimate of drug-likeness (QED) is 0.507. The van der Waals surface area contributed by atoms with Crippen molar-refractivity contribution in [2.45, 2.75) is 79.1 Å². The summed E-state index contributed by atoms with van der Waals surface area (Å²) in [7, 11) is 0. The van der Waals surface area contributed by atoms with E-state index in [2.05, 4.69) is 27.7 Å². The average Bonchev–Trinajstić information content (AvgIpc) is 2.57. The van der Waals surface area contributed by atoms with Crippen molar-refractivity contribution < 1.29 is 0 Å². The predicted molar refractivity (Wildman–Crippen MR) is 80.6 cm³/mol. The maximum Gasteiger partial charge on any atom is -0.0332 e. The van der Waals surface area contributed by atoms with Crippen LogP contribution in [0.3, 0.4) is 0 Å². The van der Waals surface area contributed by atoms with Gasteiger partial charge in [-0.15, -0.1) is 0 Å². The first kappa shape index (κ1) is 14.4. The Labute approximate surface area is 115 Å². The Morgan fingerprint density at radius 3 is 1.78 bits per heavy atom. The molecule has 2 aliphatic carbocycles. The summed E-state index contributed by atoms with van der Waals surface area (Å²) in [5, 5.41) is 0. The zero-order valence-electron chi connectivity index (χ0n) is 13.1. The minimum atomic E-state index is 0.972. The van der Waals surface area contributed by atoms with Gasteiger partial charge in [-0.2, -0.15) is 0 Å². The summed E-state index contributed by atoms with van der Waals surface area (Å²) >= 11 is 0. The molecule has 0 N–H and O–H groups in total. The highest BCUT2D eigenvalue weighted by molar-refractivity contribution is 4.86. The molecule has 0 amide bonds. The van der Waals surface area contributed by atoms with Crippen LogP contribution in [0.5, 0.6) is 0 Å². The summed E-state index contributed by atoms with van der Waals surface area (Å²) < 4.78 is 0. The molecule has 0 radical (unpaired) electrons. The molecule has 5 unspecified atom stereocenters. The summed E-state index contributed by atoms with van der Waals surface area (Å²) in [6.07, 6.45) is 11.9. The van der Waals surface area contributed by atoms with Crippen molar-refractivity contribution in [3.8, 4) is 0 Å². The maximum atomic E-state index is 2.55. The Kier molecular flexibility index (Phi) is 5.15. The minimum Gasteiger partial charge on any atom is -0.0625 e. The Morgan fingerprint density at radius 1 is 0.611 bits per heavy atom. The van der Waals surface area contributed by atoms with Crippen LogP contribution in [0, 0.1) is 35.5 Å². The van der Waals surface area contributed by atoms with Gasteiger partial charge in [0, 0.05) is 0 Å². The molecule has 0 aromatic heterocycles. The first-order valence-electron chi connectivity index (χ1n) is 8.59. The van der Waals surface area contributed by atoms with Crippen molar-refractivity contribution in [1.82, 2.24) is 0 Å². The van der Waals surface area contributed by atoms with E-state index in [-0.39, 0.29) is 0 Å². The zero-order valence-corrected chi connectivity index (χ0v) is 13.1. The smallest absolute Gasteiger partial charge is 0.0332 e. The number of rotatable bonds is 1. The van der Waals surface area contributed by atoms with Gasteiger partial charge in [0.1, 0.15) is 0 Å². The van der Waals surface area contributed by atoms with E-state index in [1.54, 1.807) is 0 Å². The van der Waals surface area contributed by atoms with Crippen LogP contribution < -0.4 is 0 Å². The van der Waals surface area contributed by atoms with Gasteiger partial charge in [0.25, 0.3) is 0 Å². The van der Waals surface area contributed by atoms with E-state index >= 15 is 0 Å². The molecule has 106 valence electrons. The fourth-order valence-corrected chi connectivity index (χ4v) is 5.08. The van der Waals surface area contributed by atoms with Crippen molar-refractivity contribution in [3.63, 3.8) is 0 Å². The predicted octanol–water partition coefficient (Wildman–Crippen LogP) is 5.91. The molecule has 0 aliphatic heterocycles. The lowest BCUT2D eigenvalue weighted by Crippen LogP contribution is -2.31. The molecule has 0 aromatic rings. The second-order valence-corrected chi connectivity index (χ2v) is 7.73. The maximum absolute atomic E-state index is 2.55. The van der Waals surface area contributed by atoms with E-state index in [9.17, 15) is 0 Å². The fourth-order valence-electron chi connectivity index (χ4n) is 5.08. The van der Waals surface area contributed by atoms with E-state index in [4.69, 9.17) is 0 Å². The van der Waals surface area contributed by atoms with Crippen LogP contribution in [-0.4, -0.2) is 0 Å². The van der Waals surface area contributed by atoms with Gasteiger partial charge < -0.3 is 0 Å². The lowest BCUT2D eigenvalue weighted by Gasteiger charge is -2.38. The highest BCUT2D eigenvalue weighted by Gasteiger charge is 2.37. The second kappa shape index (κ2) is 6.44. The summed E-state index contributed by atoms with van der Waals surface area (Å²) in [6.45, 7) is 10.1. The fraction of sp³-hybridized carbons (Fsp3) is 1.00. The zero-order chi connectivity index (χ0) is 13.1. The molecular weight excluding hydrogens is 216 g/mol. The van der Waals surface area contributed by atoms with Crippen LogP contribution in [0.15, 0.2) is 0 Å². The summed E-state index contributed by atoms with van der Waals surface area (Å²) in [4.78, 5) is 0. The number of hydrogen-bond acceptors (Lipinski definition) is 0. The van der Waals surface area contributed by atoms with E-state index in [1.807, 2.05) is 0 Å². The largest absolute Gasteiger partial charge is 0.0625 e. The molecular formula is C18H34. The topological polar surface area (TPSA) is 0 Å². The van der Waals surface area contributed by atoms with Crippen LogP contribution in [-0.2, 0) is 0 Å². The third kappa shape index (κ3) is 3.31. The van der Waals surface area contributed by atoms with E-state index in [1.165, 1.54) is 51.4 Å². The van der Waals surface area contributed by atoms with Crippen molar-refractivity contribution in [2.75, 3.05) is 0 Å². The normalized spacial score (nSPS) is 47.3. The van der Waals surface area contributed by atoms with Crippen LogP contribution in [0.25, 0.3) is 0 Å². The van der Waals surface area contributed by atoms with Gasteiger partial charge in [-0.1, -0.05) is 72.6 Å². The molecule has 2 aliphatic rings. The molecule has 0 bridgehead atoms. The van der Waals surface area contributed by atoms with Gasteiger partial charge >= 0.3 is 0 Å². The van der Waals surface area contributed by atoms with Crippen molar-refractivity contribution in [2.24, 2.45) is 35.5 Å². The molecule has 0 nitrogen and oxygen atoms in total. The third-order valence-corrected chi connectivity index (χ3v) is 6.14. The lowest BCUT2D eigenvalue weighted by atomic mass is 9.67. The van der Waals surface area contributed by atoms with Crippen molar-refractivity contribution in [3.05, 3.63) is 0 Å². The van der Waals surface area contributed by atoms with E-state index in [0.29, 0.717) is 0 Å². The van der Waals surface area contributed by atoms with Gasteiger partial charge in [0.15, 0.2) is 0 Å². The molecule has 2 fully saturated rings. The highest BCUT2D eigenvalue weighted by Crippen LogP contribution is 2.46. The average molecular weight is 250 g/mol. The Balaban J connectivity index is 2.13. The van der Waals surface area contributed by atoms with E-state index < -0.39 is 0 Å². The lowest BCUT2D eigenvalue weighted by molar-refractivity contribution is 0.106. The SMILES string of the molecule is CC1CCCC(C)C(C2C(C)CCCCC2C)C1. The first-order chi connectivity index (χ1) is 8.59. The molecule has 0 aromatic carbocycles. The molecule has 0 spiro atoms. The highest BCUT2D eigenvalue weighted by atomic mass is 14.4. The molecule has 0 heterocycles. The van der Waals surface area contributed by atoms with Gasteiger partial charge in [0.05, 0.1) is 0 Å². The molecule has 5 atom stereocenters. The summed E-state index contributed by atoms with van der Waals surface area (Å²) in [5.74, 6) is 5.93. The molecule has 2 saturated carbocycles. The third-order valence-electron chi connectivity index (χ3n) is 6.14. The number of hydrogen-bond donors (Lipinski definition) is 0. The standard InChI is InChI=1S/C18H34/c1-13-8-7-11-14(2)17(12-13)18-15(3)9-5-6-10-16(18)4/h13-18H,5-12H2,1-4H3. The Hall–Kier alpha value is 0. The van der Waals surface area contributed by atoms with Crippen molar-refractivity contribution in [1.29, 1.82) is 0 Å². The van der Waals surface area contributed by atoms with Gasteiger partial charge in [-0.3, -0.25) is 0 Å². The Morgan fingerprint density at radius 2 is 1.17 bits per heavy atom. The molecule has 0 saturated heterocycles. The summed E-state index contributed by atoms with van der Waals surface area (Å²) in [6, 6.07) is 0. The molecule has 18 heavy (non-hydrogen) atoms. The van der Waals surface area contributed by atoms with Crippen LogP contribution in [0.2, 0.25) is 0 Å². The van der Waals surface area contributed by atoms with Crippen molar-refractivity contribution >= 4 is 0 Å². The minimum absolute atomic E-state index is 0.972. The molecule has 2 rings (SSSR count). The molecule has 0 heteroatoms. The monoisotopic (exact) mass is 250 g/mol. The van der Waals surface area contributed by atoms with Gasteiger partial charge in [-0.05, 0) is 41.9 Å². The van der Waals surface area contributed by atoms with Gasteiger partial charge in [-0.25, -0.2) is 0 Å². The van der Waals surface area contributed by atoms with Crippen LogP contribution >= 0.6 is 0 Å².